The first-order valence-electron chi connectivity index (χ1n) is 7.35. The predicted molar refractivity (Wildman–Crippen MR) is 83.9 cm³/mol. The van der Waals surface area contributed by atoms with E-state index in [1.54, 1.807) is 34.9 Å². The molecule has 1 aliphatic rings. The van der Waals surface area contributed by atoms with Crippen LogP contribution in [0.15, 0.2) is 18.2 Å². The Kier molecular flexibility index (Phi) is 3.57. The molecule has 6 heteroatoms. The second-order valence-corrected chi connectivity index (χ2v) is 5.69. The highest BCUT2D eigenvalue weighted by Crippen LogP contribution is 2.37. The monoisotopic (exact) mass is 310 g/mol. The average Bonchev–Trinajstić information content (AvgIpc) is 2.95. The van der Waals surface area contributed by atoms with Crippen LogP contribution in [0.2, 0.25) is 0 Å². The first kappa shape index (κ1) is 15.1. The van der Waals surface area contributed by atoms with Gasteiger partial charge in [-0.25, -0.2) is 0 Å². The van der Waals surface area contributed by atoms with Gasteiger partial charge in [0.15, 0.2) is 0 Å². The van der Waals surface area contributed by atoms with Crippen LogP contribution in [-0.4, -0.2) is 27.7 Å². The largest absolute Gasteiger partial charge is 0.497 e. The number of carbonyl (C=O) groups excluding carboxylic acids is 1. The first-order valence-corrected chi connectivity index (χ1v) is 7.35. The zero-order valence-electron chi connectivity index (χ0n) is 13.6. The van der Waals surface area contributed by atoms with Crippen LogP contribution in [-0.2, 0) is 13.6 Å². The molecule has 3 rings (SSSR count). The number of amides is 1. The quantitative estimate of drug-likeness (QED) is 0.872. The summed E-state index contributed by atoms with van der Waals surface area (Å²) in [4.78, 5) is 14.3. The molecule has 1 aromatic heterocycles. The van der Waals surface area contributed by atoms with Gasteiger partial charge in [-0.2, -0.15) is 10.4 Å². The Hall–Kier alpha value is -2.81. The number of nitrogens with zero attached hydrogens (tertiary/aromatic N) is 4. The van der Waals surface area contributed by atoms with Gasteiger partial charge < -0.3 is 9.64 Å². The summed E-state index contributed by atoms with van der Waals surface area (Å²) in [5.41, 5.74) is 4.14. The van der Waals surface area contributed by atoms with Crippen molar-refractivity contribution >= 4 is 5.91 Å². The number of methoxy groups -OCH3 is 1. The van der Waals surface area contributed by atoms with Crippen LogP contribution in [0.5, 0.6) is 5.75 Å². The molecule has 0 saturated carbocycles. The summed E-state index contributed by atoms with van der Waals surface area (Å²) in [6, 6.07) is 6.87. The van der Waals surface area contributed by atoms with E-state index < -0.39 is 6.04 Å². The standard InChI is InChI=1S/C17H18N4O2/c1-10-15(11(2)20(3)19-10)9-21-16(8-18)14-7-12(23-4)5-6-13(14)17(21)22/h5-7,16H,9H2,1-4H3. The zero-order valence-corrected chi connectivity index (χ0v) is 13.6. The van der Waals surface area contributed by atoms with Crippen molar-refractivity contribution < 1.29 is 9.53 Å². The second-order valence-electron chi connectivity index (χ2n) is 5.69. The van der Waals surface area contributed by atoms with Crippen LogP contribution in [0, 0.1) is 25.2 Å². The van der Waals surface area contributed by atoms with E-state index in [-0.39, 0.29) is 5.91 Å². The first-order chi connectivity index (χ1) is 11.0. The third-order valence-electron chi connectivity index (χ3n) is 4.47. The van der Waals surface area contributed by atoms with Gasteiger partial charge in [0.25, 0.3) is 5.91 Å². The predicted octanol–water partition coefficient (Wildman–Crippen LogP) is 2.27. The molecule has 1 unspecified atom stereocenters. The number of aromatic nitrogens is 2. The Morgan fingerprint density at radius 3 is 2.70 bits per heavy atom. The van der Waals surface area contributed by atoms with Crippen molar-refractivity contribution in [1.29, 1.82) is 5.26 Å². The molecule has 0 fully saturated rings. The second kappa shape index (κ2) is 5.43. The van der Waals surface area contributed by atoms with Gasteiger partial charge in [-0.3, -0.25) is 9.48 Å². The van der Waals surface area contributed by atoms with E-state index in [4.69, 9.17) is 4.74 Å². The van der Waals surface area contributed by atoms with Crippen LogP contribution in [0.3, 0.4) is 0 Å². The number of nitriles is 1. The Bertz CT molecular complexity index is 832. The number of rotatable bonds is 3. The number of hydrogen-bond acceptors (Lipinski definition) is 4. The average molecular weight is 310 g/mol. The maximum Gasteiger partial charge on any atom is 0.255 e. The van der Waals surface area contributed by atoms with Gasteiger partial charge in [-0.1, -0.05) is 0 Å². The number of ether oxygens (including phenoxy) is 1. The van der Waals surface area contributed by atoms with Crippen molar-refractivity contribution in [2.24, 2.45) is 7.05 Å². The maximum absolute atomic E-state index is 12.7. The highest BCUT2D eigenvalue weighted by Gasteiger charge is 2.37. The molecule has 2 heterocycles. The zero-order chi connectivity index (χ0) is 16.7. The molecule has 0 spiro atoms. The van der Waals surface area contributed by atoms with Gasteiger partial charge in [-0.15, -0.1) is 0 Å². The fourth-order valence-corrected chi connectivity index (χ4v) is 3.05. The topological polar surface area (TPSA) is 71.2 Å². The minimum absolute atomic E-state index is 0.128. The Balaban J connectivity index is 2.01. The van der Waals surface area contributed by atoms with Gasteiger partial charge in [0.1, 0.15) is 11.8 Å². The third-order valence-corrected chi connectivity index (χ3v) is 4.47. The van der Waals surface area contributed by atoms with Crippen LogP contribution < -0.4 is 4.74 Å². The van der Waals surface area contributed by atoms with Crippen LogP contribution in [0.25, 0.3) is 0 Å². The van der Waals surface area contributed by atoms with E-state index in [0.717, 1.165) is 17.0 Å². The van der Waals surface area contributed by atoms with Crippen LogP contribution >= 0.6 is 0 Å². The van der Waals surface area contributed by atoms with E-state index >= 15 is 0 Å². The highest BCUT2D eigenvalue weighted by atomic mass is 16.5. The van der Waals surface area contributed by atoms with Gasteiger partial charge in [0.05, 0.1) is 25.4 Å². The summed E-state index contributed by atoms with van der Waals surface area (Å²) in [6.45, 7) is 4.26. The lowest BCUT2D eigenvalue weighted by Gasteiger charge is -2.20. The maximum atomic E-state index is 12.7. The molecule has 0 bridgehead atoms. The Morgan fingerprint density at radius 2 is 2.13 bits per heavy atom. The van der Waals surface area contributed by atoms with E-state index in [1.807, 2.05) is 20.9 Å². The summed E-state index contributed by atoms with van der Waals surface area (Å²) in [5, 5.41) is 14.0. The van der Waals surface area contributed by atoms with E-state index in [1.165, 1.54) is 0 Å². The van der Waals surface area contributed by atoms with Crippen LogP contribution in [0.1, 0.15) is 38.9 Å². The summed E-state index contributed by atoms with van der Waals surface area (Å²) < 4.78 is 7.00. The van der Waals surface area contributed by atoms with Crippen molar-refractivity contribution in [2.45, 2.75) is 26.4 Å². The molecule has 1 amide bonds. The molecule has 0 N–H and O–H groups in total. The number of aryl methyl sites for hydroxylation is 2. The van der Waals surface area contributed by atoms with Gasteiger partial charge in [0.2, 0.25) is 0 Å². The normalized spacial score (nSPS) is 16.4. The highest BCUT2D eigenvalue weighted by molar-refractivity contribution is 5.99. The minimum Gasteiger partial charge on any atom is -0.497 e. The molecular formula is C17H18N4O2. The number of hydrogen-bond donors (Lipinski definition) is 0. The fourth-order valence-electron chi connectivity index (χ4n) is 3.05. The molecule has 0 aliphatic carbocycles. The lowest BCUT2D eigenvalue weighted by atomic mass is 10.1. The van der Waals surface area contributed by atoms with Crippen molar-refractivity contribution in [3.05, 3.63) is 46.3 Å². The summed E-state index contributed by atoms with van der Waals surface area (Å²) in [5.74, 6) is 0.518. The number of carbonyl (C=O) groups is 1. The molecule has 23 heavy (non-hydrogen) atoms. The van der Waals surface area contributed by atoms with Crippen molar-refractivity contribution in [1.82, 2.24) is 14.7 Å². The SMILES string of the molecule is COc1ccc2c(c1)C(C#N)N(Cc1c(C)nn(C)c1C)C2=O. The van der Waals surface area contributed by atoms with Gasteiger partial charge in [0, 0.05) is 29.4 Å². The Morgan fingerprint density at radius 1 is 1.39 bits per heavy atom. The smallest absolute Gasteiger partial charge is 0.255 e. The molecule has 0 radical (unpaired) electrons. The molecule has 2 aromatic rings. The van der Waals surface area contributed by atoms with Crippen molar-refractivity contribution in [3.63, 3.8) is 0 Å². The molecule has 1 atom stereocenters. The minimum atomic E-state index is -0.605. The van der Waals surface area contributed by atoms with E-state index in [0.29, 0.717) is 23.4 Å². The Labute approximate surface area is 134 Å². The van der Waals surface area contributed by atoms with Crippen molar-refractivity contribution in [2.75, 3.05) is 7.11 Å². The van der Waals surface area contributed by atoms with E-state index in [2.05, 4.69) is 11.2 Å². The van der Waals surface area contributed by atoms with Crippen molar-refractivity contribution in [3.8, 4) is 11.8 Å². The molecule has 6 nitrogen and oxygen atoms in total. The molecule has 0 saturated heterocycles. The molecule has 1 aliphatic heterocycles. The van der Waals surface area contributed by atoms with Crippen LogP contribution in [0.4, 0.5) is 0 Å². The summed E-state index contributed by atoms with van der Waals surface area (Å²) >= 11 is 0. The molecular weight excluding hydrogens is 292 g/mol. The summed E-state index contributed by atoms with van der Waals surface area (Å²) in [7, 11) is 3.44. The third kappa shape index (κ3) is 2.25. The molecule has 1 aromatic carbocycles. The fraction of sp³-hybridized carbons (Fsp3) is 0.353. The summed E-state index contributed by atoms with van der Waals surface area (Å²) in [6.07, 6.45) is 0. The van der Waals surface area contributed by atoms with Gasteiger partial charge in [-0.05, 0) is 32.0 Å². The lowest BCUT2D eigenvalue weighted by molar-refractivity contribution is 0.0744. The number of benzene rings is 1. The number of fused-ring (bicyclic) bond motifs is 1. The molecule has 118 valence electrons. The van der Waals surface area contributed by atoms with Gasteiger partial charge >= 0.3 is 0 Å². The lowest BCUT2D eigenvalue weighted by Crippen LogP contribution is -2.27. The van der Waals surface area contributed by atoms with E-state index in [9.17, 15) is 10.1 Å².